The zero-order valence-electron chi connectivity index (χ0n) is 11.5. The maximum atomic E-state index is 11.8. The molecule has 1 N–H and O–H groups in total. The number of hydrogen-bond donors (Lipinski definition) is 1. The third kappa shape index (κ3) is 4.16. The van der Waals surface area contributed by atoms with E-state index < -0.39 is 17.9 Å². The minimum Gasteiger partial charge on any atom is -0.468 e. The van der Waals surface area contributed by atoms with Gasteiger partial charge >= 0.3 is 5.97 Å². The average Bonchev–Trinajstić information content (AvgIpc) is 2.37. The zero-order valence-corrected chi connectivity index (χ0v) is 13.1. The highest BCUT2D eigenvalue weighted by Gasteiger charge is 2.35. The molecule has 0 bridgehead atoms. The Labute approximate surface area is 125 Å². The summed E-state index contributed by atoms with van der Waals surface area (Å²) in [4.78, 5) is 34.9. The van der Waals surface area contributed by atoms with Crippen molar-refractivity contribution >= 4 is 33.6 Å². The minimum absolute atomic E-state index is 0.326. The molecule has 0 aliphatic rings. The topological polar surface area (TPSA) is 72.5 Å². The van der Waals surface area contributed by atoms with Crippen molar-refractivity contribution in [3.8, 4) is 0 Å². The predicted octanol–water partition coefficient (Wildman–Crippen LogP) is 2.00. The van der Waals surface area contributed by atoms with Gasteiger partial charge in [0.05, 0.1) is 13.2 Å². The highest BCUT2D eigenvalue weighted by atomic mass is 79.9. The zero-order chi connectivity index (χ0) is 15.3. The standard InChI is InChI=1S/C14H16BrNO4/c1-8(17)12(14(19)20-3)13(16-9(2)18)10-4-6-11(15)7-5-10/h4-7,12-13H,1-3H3,(H,16,18). The number of esters is 1. The van der Waals surface area contributed by atoms with Crippen LogP contribution >= 0.6 is 15.9 Å². The summed E-state index contributed by atoms with van der Waals surface area (Å²) in [6, 6.07) is 6.29. The number of carbonyl (C=O) groups is 3. The lowest BCUT2D eigenvalue weighted by Crippen LogP contribution is -2.39. The van der Waals surface area contributed by atoms with Gasteiger partial charge in [0.2, 0.25) is 5.91 Å². The lowest BCUT2D eigenvalue weighted by Gasteiger charge is -2.24. The lowest BCUT2D eigenvalue weighted by atomic mass is 9.90. The van der Waals surface area contributed by atoms with Crippen molar-refractivity contribution in [3.05, 3.63) is 34.3 Å². The molecule has 0 aliphatic heterocycles. The summed E-state index contributed by atoms with van der Waals surface area (Å²) in [5.74, 6) is -2.42. The van der Waals surface area contributed by atoms with Gasteiger partial charge in [0, 0.05) is 11.4 Å². The fourth-order valence-electron chi connectivity index (χ4n) is 1.91. The fraction of sp³-hybridized carbons (Fsp3) is 0.357. The maximum Gasteiger partial charge on any atom is 0.318 e. The van der Waals surface area contributed by atoms with Gasteiger partial charge in [-0.3, -0.25) is 14.4 Å². The van der Waals surface area contributed by atoms with E-state index in [2.05, 4.69) is 26.0 Å². The number of Topliss-reactive ketones (excluding diaryl/α,β-unsaturated/α-hetero) is 1. The van der Waals surface area contributed by atoms with E-state index in [1.54, 1.807) is 24.3 Å². The van der Waals surface area contributed by atoms with Crippen molar-refractivity contribution in [1.82, 2.24) is 5.32 Å². The second-order valence-electron chi connectivity index (χ2n) is 4.34. The molecule has 6 heteroatoms. The first kappa shape index (κ1) is 16.4. The van der Waals surface area contributed by atoms with E-state index in [1.165, 1.54) is 21.0 Å². The van der Waals surface area contributed by atoms with Gasteiger partial charge < -0.3 is 10.1 Å². The molecule has 1 rings (SSSR count). The number of hydrogen-bond acceptors (Lipinski definition) is 4. The molecule has 1 amide bonds. The Morgan fingerprint density at radius 3 is 2.10 bits per heavy atom. The van der Waals surface area contributed by atoms with Crippen LogP contribution in [0.4, 0.5) is 0 Å². The molecule has 20 heavy (non-hydrogen) atoms. The third-order valence-electron chi connectivity index (χ3n) is 2.81. The van der Waals surface area contributed by atoms with Gasteiger partial charge in [-0.15, -0.1) is 0 Å². The number of methoxy groups -OCH3 is 1. The van der Waals surface area contributed by atoms with Crippen LogP contribution in [0, 0.1) is 5.92 Å². The van der Waals surface area contributed by atoms with Crippen molar-refractivity contribution in [2.75, 3.05) is 7.11 Å². The van der Waals surface area contributed by atoms with Crippen LogP contribution in [0.25, 0.3) is 0 Å². The molecule has 5 nitrogen and oxygen atoms in total. The summed E-state index contributed by atoms with van der Waals surface area (Å²) in [7, 11) is 1.21. The van der Waals surface area contributed by atoms with Crippen LogP contribution in [0.3, 0.4) is 0 Å². The number of rotatable bonds is 5. The molecule has 0 fully saturated rings. The second kappa shape index (κ2) is 7.19. The summed E-state index contributed by atoms with van der Waals surface area (Å²) >= 11 is 3.31. The molecular weight excluding hydrogens is 326 g/mol. The molecule has 0 aromatic heterocycles. The van der Waals surface area contributed by atoms with Gasteiger partial charge in [0.15, 0.2) is 0 Å². The summed E-state index contributed by atoms with van der Waals surface area (Å²) in [5, 5.41) is 2.64. The number of amides is 1. The first-order valence-electron chi connectivity index (χ1n) is 5.97. The Hall–Kier alpha value is -1.69. The number of nitrogens with one attached hydrogen (secondary N) is 1. The summed E-state index contributed by atoms with van der Waals surface area (Å²) in [6.45, 7) is 2.63. The first-order chi connectivity index (χ1) is 9.36. The summed E-state index contributed by atoms with van der Waals surface area (Å²) in [5.41, 5.74) is 0.661. The van der Waals surface area contributed by atoms with E-state index in [4.69, 9.17) is 0 Å². The monoisotopic (exact) mass is 341 g/mol. The highest BCUT2D eigenvalue weighted by molar-refractivity contribution is 9.10. The van der Waals surface area contributed by atoms with Crippen LogP contribution < -0.4 is 5.32 Å². The predicted molar refractivity (Wildman–Crippen MR) is 76.9 cm³/mol. The van der Waals surface area contributed by atoms with Crippen LogP contribution in [0.15, 0.2) is 28.7 Å². The Bertz CT molecular complexity index is 512. The lowest BCUT2D eigenvalue weighted by molar-refractivity contribution is -0.150. The molecule has 0 saturated heterocycles. The summed E-state index contributed by atoms with van der Waals surface area (Å²) in [6.07, 6.45) is 0. The van der Waals surface area contributed by atoms with Crippen LogP contribution in [0.2, 0.25) is 0 Å². The Kier molecular flexibility index (Phi) is 5.88. The van der Waals surface area contributed by atoms with Crippen molar-refractivity contribution in [3.63, 3.8) is 0 Å². The molecule has 0 radical (unpaired) electrons. The minimum atomic E-state index is -1.06. The van der Waals surface area contributed by atoms with Crippen LogP contribution in [0.1, 0.15) is 25.5 Å². The molecule has 1 aromatic carbocycles. The SMILES string of the molecule is COC(=O)C(C(C)=O)C(NC(C)=O)c1ccc(Br)cc1. The summed E-state index contributed by atoms with van der Waals surface area (Å²) < 4.78 is 5.52. The van der Waals surface area contributed by atoms with Crippen molar-refractivity contribution < 1.29 is 19.1 Å². The molecular formula is C14H16BrNO4. The van der Waals surface area contributed by atoms with Crippen LogP contribution in [0.5, 0.6) is 0 Å². The number of ketones is 1. The van der Waals surface area contributed by atoms with Gasteiger partial charge in [-0.1, -0.05) is 28.1 Å². The number of benzene rings is 1. The van der Waals surface area contributed by atoms with E-state index in [1.807, 2.05) is 0 Å². The highest BCUT2D eigenvalue weighted by Crippen LogP contribution is 2.25. The number of halogens is 1. The third-order valence-corrected chi connectivity index (χ3v) is 3.34. The number of ether oxygens (including phenoxy) is 1. The second-order valence-corrected chi connectivity index (χ2v) is 5.26. The Morgan fingerprint density at radius 1 is 1.15 bits per heavy atom. The van der Waals surface area contributed by atoms with E-state index >= 15 is 0 Å². The smallest absolute Gasteiger partial charge is 0.318 e. The van der Waals surface area contributed by atoms with Gasteiger partial charge in [0.25, 0.3) is 0 Å². The fourth-order valence-corrected chi connectivity index (χ4v) is 2.18. The average molecular weight is 342 g/mol. The molecule has 0 aliphatic carbocycles. The van der Waals surface area contributed by atoms with Gasteiger partial charge in [-0.2, -0.15) is 0 Å². The van der Waals surface area contributed by atoms with E-state index in [9.17, 15) is 14.4 Å². The number of carbonyl (C=O) groups excluding carboxylic acids is 3. The first-order valence-corrected chi connectivity index (χ1v) is 6.77. The van der Waals surface area contributed by atoms with Crippen molar-refractivity contribution in [2.24, 2.45) is 5.92 Å². The normalized spacial score (nSPS) is 13.2. The molecule has 2 unspecified atom stereocenters. The maximum absolute atomic E-state index is 11.8. The van der Waals surface area contributed by atoms with E-state index in [0.29, 0.717) is 5.56 Å². The Morgan fingerprint density at radius 2 is 1.70 bits per heavy atom. The molecule has 0 heterocycles. The molecule has 0 saturated carbocycles. The molecule has 2 atom stereocenters. The van der Waals surface area contributed by atoms with Gasteiger partial charge in [-0.05, 0) is 24.6 Å². The largest absolute Gasteiger partial charge is 0.468 e. The van der Waals surface area contributed by atoms with Crippen LogP contribution in [-0.2, 0) is 19.1 Å². The van der Waals surface area contributed by atoms with E-state index in [-0.39, 0.29) is 11.7 Å². The van der Waals surface area contributed by atoms with Gasteiger partial charge in [-0.25, -0.2) is 0 Å². The Balaban J connectivity index is 3.21. The van der Waals surface area contributed by atoms with Gasteiger partial charge in [0.1, 0.15) is 11.7 Å². The van der Waals surface area contributed by atoms with Crippen molar-refractivity contribution in [2.45, 2.75) is 19.9 Å². The van der Waals surface area contributed by atoms with Crippen LogP contribution in [-0.4, -0.2) is 24.8 Å². The molecule has 1 aromatic rings. The molecule has 108 valence electrons. The van der Waals surface area contributed by atoms with Crippen molar-refractivity contribution in [1.29, 1.82) is 0 Å². The van der Waals surface area contributed by atoms with E-state index in [0.717, 1.165) is 4.47 Å². The quantitative estimate of drug-likeness (QED) is 0.656. The molecule has 0 spiro atoms.